The molecule has 6 nitrogen and oxygen atoms in total. The zero-order valence-electron chi connectivity index (χ0n) is 15.7. The van der Waals surface area contributed by atoms with Crippen molar-refractivity contribution in [3.63, 3.8) is 0 Å². The van der Waals surface area contributed by atoms with E-state index >= 15 is 0 Å². The van der Waals surface area contributed by atoms with Gasteiger partial charge in [0.05, 0.1) is 19.6 Å². The highest BCUT2D eigenvalue weighted by Gasteiger charge is 2.45. The number of ether oxygens (including phenoxy) is 2. The first-order valence-corrected chi connectivity index (χ1v) is 8.16. The van der Waals surface area contributed by atoms with Crippen molar-refractivity contribution in [3.05, 3.63) is 0 Å². The van der Waals surface area contributed by atoms with Crippen LogP contribution in [0.2, 0.25) is 0 Å². The van der Waals surface area contributed by atoms with Crippen molar-refractivity contribution in [2.75, 3.05) is 14.2 Å². The molecule has 0 aromatic carbocycles. The van der Waals surface area contributed by atoms with Crippen LogP contribution in [0.5, 0.6) is 0 Å². The quantitative estimate of drug-likeness (QED) is 0.537. The third-order valence-corrected chi connectivity index (χ3v) is 4.77. The van der Waals surface area contributed by atoms with Crippen LogP contribution in [0.3, 0.4) is 0 Å². The minimum atomic E-state index is -0.804. The third kappa shape index (κ3) is 6.81. The molecule has 138 valence electrons. The lowest BCUT2D eigenvalue weighted by Gasteiger charge is -2.38. The number of carbonyl (C=O) groups excluding carboxylic acids is 4. The summed E-state index contributed by atoms with van der Waals surface area (Å²) in [5.74, 6) is -0.805. The number of hydrogen-bond donors (Lipinski definition) is 0. The van der Waals surface area contributed by atoms with Crippen LogP contribution >= 0.6 is 0 Å². The summed E-state index contributed by atoms with van der Waals surface area (Å²) in [5, 5.41) is 0. The monoisotopic (exact) mass is 342 g/mol. The van der Waals surface area contributed by atoms with Gasteiger partial charge in [0.1, 0.15) is 11.6 Å². The second-order valence-electron chi connectivity index (χ2n) is 7.18. The molecule has 6 heteroatoms. The maximum absolute atomic E-state index is 12.2. The highest BCUT2D eigenvalue weighted by Crippen LogP contribution is 2.42. The van der Waals surface area contributed by atoms with Crippen molar-refractivity contribution in [1.29, 1.82) is 0 Å². The molecule has 0 atom stereocenters. The zero-order valence-corrected chi connectivity index (χ0v) is 15.7. The van der Waals surface area contributed by atoms with Crippen LogP contribution in [0.4, 0.5) is 0 Å². The Hall–Kier alpha value is -1.72. The van der Waals surface area contributed by atoms with E-state index in [1.54, 1.807) is 13.8 Å². The first-order valence-electron chi connectivity index (χ1n) is 8.16. The summed E-state index contributed by atoms with van der Waals surface area (Å²) in [6, 6.07) is 0. The fourth-order valence-electron chi connectivity index (χ4n) is 2.27. The van der Waals surface area contributed by atoms with Gasteiger partial charge in [-0.1, -0.05) is 13.8 Å². The molecule has 0 saturated carbocycles. The van der Waals surface area contributed by atoms with Crippen molar-refractivity contribution in [3.8, 4) is 0 Å². The van der Waals surface area contributed by atoms with Gasteiger partial charge < -0.3 is 9.47 Å². The van der Waals surface area contributed by atoms with Crippen LogP contribution in [0.1, 0.15) is 66.2 Å². The highest BCUT2D eigenvalue weighted by atomic mass is 16.5. The Kier molecular flexibility index (Phi) is 8.86. The van der Waals surface area contributed by atoms with Crippen LogP contribution in [0, 0.1) is 10.8 Å². The number of rotatable bonds is 11. The molecular weight excluding hydrogens is 312 g/mol. The van der Waals surface area contributed by atoms with Gasteiger partial charge in [0.15, 0.2) is 0 Å². The van der Waals surface area contributed by atoms with Gasteiger partial charge in [-0.25, -0.2) is 0 Å². The van der Waals surface area contributed by atoms with E-state index in [0.717, 1.165) is 0 Å². The second kappa shape index (κ2) is 9.55. The number of ketones is 2. The van der Waals surface area contributed by atoms with Crippen LogP contribution in [0.25, 0.3) is 0 Å². The Labute approximate surface area is 144 Å². The molecule has 0 fully saturated rings. The predicted molar refractivity (Wildman–Crippen MR) is 89.3 cm³/mol. The molecule has 0 spiro atoms. The molecule has 0 saturated heterocycles. The minimum Gasteiger partial charge on any atom is -0.469 e. The van der Waals surface area contributed by atoms with Crippen LogP contribution < -0.4 is 0 Å². The van der Waals surface area contributed by atoms with E-state index in [2.05, 4.69) is 4.74 Å². The van der Waals surface area contributed by atoms with Gasteiger partial charge in [-0.15, -0.1) is 0 Å². The van der Waals surface area contributed by atoms with E-state index in [0.29, 0.717) is 6.42 Å². The molecule has 0 aliphatic rings. The number of carbonyl (C=O) groups is 4. The third-order valence-electron chi connectivity index (χ3n) is 4.77. The average Bonchev–Trinajstić information content (AvgIpc) is 2.51. The van der Waals surface area contributed by atoms with E-state index in [-0.39, 0.29) is 55.6 Å². The molecule has 0 N–H and O–H groups in total. The summed E-state index contributed by atoms with van der Waals surface area (Å²) >= 11 is 0. The van der Waals surface area contributed by atoms with Gasteiger partial charge in [0.2, 0.25) is 0 Å². The van der Waals surface area contributed by atoms with Crippen LogP contribution in [-0.4, -0.2) is 37.7 Å². The lowest BCUT2D eigenvalue weighted by molar-refractivity contribution is -0.158. The molecule has 0 bridgehead atoms. The highest BCUT2D eigenvalue weighted by molar-refractivity contribution is 5.87. The largest absolute Gasteiger partial charge is 0.469 e. The lowest BCUT2D eigenvalue weighted by Crippen LogP contribution is -2.41. The first-order chi connectivity index (χ1) is 11.0. The first kappa shape index (κ1) is 22.3. The summed E-state index contributed by atoms with van der Waals surface area (Å²) in [7, 11) is 2.63. The standard InChI is InChI=1S/C18H30O6/c1-17(2,18(3,4)16(22)24-6)12-14(20)11-10-13(19)8-7-9-15(21)23-5/h7-12H2,1-6H3. The van der Waals surface area contributed by atoms with E-state index in [1.807, 2.05) is 13.8 Å². The summed E-state index contributed by atoms with van der Waals surface area (Å²) in [6.45, 7) is 7.20. The number of hydrogen-bond acceptors (Lipinski definition) is 6. The number of esters is 2. The summed E-state index contributed by atoms with van der Waals surface area (Å²) < 4.78 is 9.32. The normalized spacial score (nSPS) is 11.8. The van der Waals surface area contributed by atoms with E-state index in [9.17, 15) is 19.2 Å². The molecule has 0 rings (SSSR count). The fourth-order valence-corrected chi connectivity index (χ4v) is 2.27. The molecule has 0 unspecified atom stereocenters. The van der Waals surface area contributed by atoms with Crippen molar-refractivity contribution >= 4 is 23.5 Å². The van der Waals surface area contributed by atoms with Crippen molar-refractivity contribution in [2.24, 2.45) is 10.8 Å². The van der Waals surface area contributed by atoms with Gasteiger partial charge in [-0.3, -0.25) is 19.2 Å². The maximum atomic E-state index is 12.2. The summed E-state index contributed by atoms with van der Waals surface area (Å²) in [5.41, 5.74) is -1.38. The van der Waals surface area contributed by atoms with Gasteiger partial charge in [0, 0.05) is 32.1 Å². The number of methoxy groups -OCH3 is 2. The lowest BCUT2D eigenvalue weighted by atomic mass is 9.65. The SMILES string of the molecule is COC(=O)CCCC(=O)CCC(=O)CC(C)(C)C(C)(C)C(=O)OC. The second-order valence-corrected chi connectivity index (χ2v) is 7.18. The van der Waals surface area contributed by atoms with Crippen LogP contribution in [0.15, 0.2) is 0 Å². The number of Topliss-reactive ketones (excluding diaryl/α,β-unsaturated/α-hetero) is 2. The van der Waals surface area contributed by atoms with Gasteiger partial charge in [-0.2, -0.15) is 0 Å². The molecule has 0 aliphatic carbocycles. The van der Waals surface area contributed by atoms with Crippen molar-refractivity contribution < 1.29 is 28.7 Å². The van der Waals surface area contributed by atoms with Crippen LogP contribution in [-0.2, 0) is 28.7 Å². The topological polar surface area (TPSA) is 86.7 Å². The molecular formula is C18H30O6. The Morgan fingerprint density at radius 1 is 0.750 bits per heavy atom. The Bertz CT molecular complexity index is 476. The smallest absolute Gasteiger partial charge is 0.311 e. The molecule has 0 aromatic heterocycles. The van der Waals surface area contributed by atoms with Gasteiger partial charge in [0.25, 0.3) is 0 Å². The average molecular weight is 342 g/mol. The van der Waals surface area contributed by atoms with Crippen molar-refractivity contribution in [2.45, 2.75) is 66.2 Å². The molecule has 0 aromatic rings. The Morgan fingerprint density at radius 3 is 1.79 bits per heavy atom. The summed E-state index contributed by atoms with van der Waals surface area (Å²) in [4.78, 5) is 46.8. The van der Waals surface area contributed by atoms with Gasteiger partial charge in [-0.05, 0) is 25.7 Å². The van der Waals surface area contributed by atoms with Gasteiger partial charge >= 0.3 is 11.9 Å². The van der Waals surface area contributed by atoms with E-state index in [4.69, 9.17) is 4.74 Å². The molecule has 24 heavy (non-hydrogen) atoms. The molecule has 0 amide bonds. The minimum absolute atomic E-state index is 0.0442. The Morgan fingerprint density at radius 2 is 1.29 bits per heavy atom. The zero-order chi connectivity index (χ0) is 19.0. The molecule has 0 aliphatic heterocycles. The predicted octanol–water partition coefficient (Wildman–Crippen LogP) is 2.86. The summed E-state index contributed by atoms with van der Waals surface area (Å²) in [6.07, 6.45) is 1.41. The molecule has 0 heterocycles. The van der Waals surface area contributed by atoms with E-state index < -0.39 is 10.8 Å². The fraction of sp³-hybridized carbons (Fsp3) is 0.778. The molecule has 0 radical (unpaired) electrons. The Balaban J connectivity index is 4.36. The maximum Gasteiger partial charge on any atom is 0.311 e. The van der Waals surface area contributed by atoms with E-state index in [1.165, 1.54) is 14.2 Å². The van der Waals surface area contributed by atoms with Crippen molar-refractivity contribution in [1.82, 2.24) is 0 Å².